The molecular formula is C22H20ClN3O3. The minimum atomic E-state index is -0.731. The molecule has 0 aliphatic heterocycles. The van der Waals surface area contributed by atoms with Crippen LogP contribution in [0, 0.1) is 0 Å². The Bertz CT molecular complexity index is 978. The van der Waals surface area contributed by atoms with Crippen LogP contribution in [0.5, 0.6) is 11.5 Å². The van der Waals surface area contributed by atoms with Gasteiger partial charge in [0.25, 0.3) is 0 Å². The van der Waals surface area contributed by atoms with Gasteiger partial charge in [0.15, 0.2) is 0 Å². The van der Waals surface area contributed by atoms with E-state index in [-0.39, 0.29) is 12.3 Å². The van der Waals surface area contributed by atoms with Crippen LogP contribution in [0.25, 0.3) is 0 Å². The molecule has 0 aliphatic rings. The molecule has 0 saturated heterocycles. The highest BCUT2D eigenvalue weighted by atomic mass is 35.5. The van der Waals surface area contributed by atoms with Gasteiger partial charge in [-0.1, -0.05) is 48.0 Å². The molecule has 3 aromatic carbocycles. The van der Waals surface area contributed by atoms with Crippen molar-refractivity contribution in [3.8, 4) is 11.5 Å². The molecule has 0 spiro atoms. The van der Waals surface area contributed by atoms with E-state index in [1.54, 1.807) is 48.5 Å². The van der Waals surface area contributed by atoms with Crippen molar-refractivity contribution >= 4 is 29.2 Å². The first kappa shape index (κ1) is 20.2. The van der Waals surface area contributed by atoms with Gasteiger partial charge in [0, 0.05) is 10.7 Å². The SMILES string of the molecule is NC(=O)N[C@@H](CC(=O)Nc1ccc(Oc2ccccc2)cc1)c1ccccc1Cl. The fraction of sp³-hybridized carbons (Fsp3) is 0.0909. The number of para-hydroxylation sites is 1. The van der Waals surface area contributed by atoms with E-state index in [9.17, 15) is 9.59 Å². The molecule has 0 aromatic heterocycles. The predicted octanol–water partition coefficient (Wildman–Crippen LogP) is 4.87. The number of urea groups is 1. The lowest BCUT2D eigenvalue weighted by atomic mass is 10.0. The number of halogens is 1. The Morgan fingerprint density at radius 2 is 1.52 bits per heavy atom. The summed E-state index contributed by atoms with van der Waals surface area (Å²) in [6, 6.07) is 22.0. The molecular weight excluding hydrogens is 390 g/mol. The first-order valence-electron chi connectivity index (χ1n) is 8.94. The smallest absolute Gasteiger partial charge is 0.312 e. The van der Waals surface area contributed by atoms with E-state index in [0.717, 1.165) is 5.75 Å². The summed E-state index contributed by atoms with van der Waals surface area (Å²) in [5.41, 5.74) is 6.47. The summed E-state index contributed by atoms with van der Waals surface area (Å²) in [6.45, 7) is 0. The number of rotatable bonds is 7. The zero-order valence-electron chi connectivity index (χ0n) is 15.5. The Morgan fingerprint density at radius 3 is 2.17 bits per heavy atom. The van der Waals surface area contributed by atoms with E-state index >= 15 is 0 Å². The summed E-state index contributed by atoms with van der Waals surface area (Å²) in [7, 11) is 0. The van der Waals surface area contributed by atoms with Gasteiger partial charge in [0.2, 0.25) is 5.91 Å². The maximum atomic E-state index is 12.5. The molecule has 3 aromatic rings. The third kappa shape index (κ3) is 5.99. The molecule has 0 fully saturated rings. The molecule has 0 saturated carbocycles. The van der Waals surface area contributed by atoms with Gasteiger partial charge in [0.1, 0.15) is 11.5 Å². The average Bonchev–Trinajstić information content (AvgIpc) is 2.70. The lowest BCUT2D eigenvalue weighted by molar-refractivity contribution is -0.116. The third-order valence-electron chi connectivity index (χ3n) is 4.10. The van der Waals surface area contributed by atoms with Crippen LogP contribution < -0.4 is 21.1 Å². The lowest BCUT2D eigenvalue weighted by Crippen LogP contribution is -2.35. The van der Waals surface area contributed by atoms with E-state index in [0.29, 0.717) is 22.0 Å². The second-order valence-electron chi connectivity index (χ2n) is 6.27. The molecule has 0 heterocycles. The predicted molar refractivity (Wildman–Crippen MR) is 113 cm³/mol. The number of nitrogens with two attached hydrogens (primary N) is 1. The van der Waals surface area contributed by atoms with Gasteiger partial charge in [-0.2, -0.15) is 0 Å². The topological polar surface area (TPSA) is 93.5 Å². The van der Waals surface area contributed by atoms with Crippen molar-refractivity contribution in [3.63, 3.8) is 0 Å². The fourth-order valence-corrected chi connectivity index (χ4v) is 3.06. The number of carbonyl (C=O) groups excluding carboxylic acids is 2. The Morgan fingerprint density at radius 1 is 0.897 bits per heavy atom. The van der Waals surface area contributed by atoms with Gasteiger partial charge >= 0.3 is 6.03 Å². The molecule has 0 aliphatic carbocycles. The minimum absolute atomic E-state index is 0.0189. The Labute approximate surface area is 173 Å². The van der Waals surface area contributed by atoms with Crippen LogP contribution in [0.4, 0.5) is 10.5 Å². The fourth-order valence-electron chi connectivity index (χ4n) is 2.80. The number of nitrogens with one attached hydrogen (secondary N) is 2. The van der Waals surface area contributed by atoms with Crippen molar-refractivity contribution in [2.75, 3.05) is 5.32 Å². The maximum absolute atomic E-state index is 12.5. The normalized spacial score (nSPS) is 11.3. The monoisotopic (exact) mass is 409 g/mol. The summed E-state index contributed by atoms with van der Waals surface area (Å²) in [4.78, 5) is 23.8. The Kier molecular flexibility index (Phi) is 6.71. The highest BCUT2D eigenvalue weighted by Gasteiger charge is 2.19. The van der Waals surface area contributed by atoms with Crippen LogP contribution >= 0.6 is 11.6 Å². The first-order chi connectivity index (χ1) is 14.0. The summed E-state index contributed by atoms with van der Waals surface area (Å²) >= 11 is 6.19. The van der Waals surface area contributed by atoms with Crippen LogP contribution in [-0.2, 0) is 4.79 Å². The van der Waals surface area contributed by atoms with Crippen LogP contribution in [0.3, 0.4) is 0 Å². The number of amides is 3. The molecule has 0 radical (unpaired) electrons. The number of hydrogen-bond acceptors (Lipinski definition) is 3. The molecule has 4 N–H and O–H groups in total. The van der Waals surface area contributed by atoms with E-state index in [1.165, 1.54) is 0 Å². The molecule has 29 heavy (non-hydrogen) atoms. The highest BCUT2D eigenvalue weighted by molar-refractivity contribution is 6.31. The summed E-state index contributed by atoms with van der Waals surface area (Å²) in [5, 5.41) is 5.81. The summed E-state index contributed by atoms with van der Waals surface area (Å²) in [5.74, 6) is 1.09. The van der Waals surface area contributed by atoms with E-state index in [2.05, 4.69) is 10.6 Å². The van der Waals surface area contributed by atoms with Crippen molar-refractivity contribution in [2.24, 2.45) is 5.73 Å². The number of carbonyl (C=O) groups is 2. The molecule has 7 heteroatoms. The van der Waals surface area contributed by atoms with Gasteiger partial charge in [-0.3, -0.25) is 4.79 Å². The Hall–Kier alpha value is -3.51. The summed E-state index contributed by atoms with van der Waals surface area (Å²) in [6.07, 6.45) is -0.0189. The van der Waals surface area contributed by atoms with Gasteiger partial charge in [-0.05, 0) is 48.0 Å². The zero-order chi connectivity index (χ0) is 20.6. The standard InChI is InChI=1S/C22H20ClN3O3/c23-19-9-5-4-8-18(19)20(26-22(24)28)14-21(27)25-15-10-12-17(13-11-15)29-16-6-2-1-3-7-16/h1-13,20H,14H2,(H,25,27)(H3,24,26,28)/t20-/m0/s1. The zero-order valence-corrected chi connectivity index (χ0v) is 16.2. The van der Waals surface area contributed by atoms with E-state index in [1.807, 2.05) is 30.3 Å². The van der Waals surface area contributed by atoms with Crippen LogP contribution in [0.15, 0.2) is 78.9 Å². The Balaban J connectivity index is 1.64. The van der Waals surface area contributed by atoms with Crippen molar-refractivity contribution in [1.82, 2.24) is 5.32 Å². The average molecular weight is 410 g/mol. The number of anilines is 1. The van der Waals surface area contributed by atoms with E-state index in [4.69, 9.17) is 22.1 Å². The number of hydrogen-bond donors (Lipinski definition) is 3. The second-order valence-corrected chi connectivity index (χ2v) is 6.68. The second kappa shape index (κ2) is 9.61. The molecule has 148 valence electrons. The minimum Gasteiger partial charge on any atom is -0.457 e. The highest BCUT2D eigenvalue weighted by Crippen LogP contribution is 2.26. The van der Waals surface area contributed by atoms with Crippen molar-refractivity contribution in [3.05, 3.63) is 89.4 Å². The molecule has 6 nitrogen and oxygen atoms in total. The molecule has 3 amide bonds. The van der Waals surface area contributed by atoms with Crippen molar-refractivity contribution < 1.29 is 14.3 Å². The van der Waals surface area contributed by atoms with Gasteiger partial charge in [-0.25, -0.2) is 4.79 Å². The molecule has 0 bridgehead atoms. The van der Waals surface area contributed by atoms with Gasteiger partial charge in [-0.15, -0.1) is 0 Å². The van der Waals surface area contributed by atoms with Crippen molar-refractivity contribution in [1.29, 1.82) is 0 Å². The first-order valence-corrected chi connectivity index (χ1v) is 9.32. The number of primary amides is 1. The molecule has 0 unspecified atom stereocenters. The van der Waals surface area contributed by atoms with Crippen LogP contribution in [0.2, 0.25) is 5.02 Å². The lowest BCUT2D eigenvalue weighted by Gasteiger charge is -2.19. The third-order valence-corrected chi connectivity index (χ3v) is 4.45. The van der Waals surface area contributed by atoms with Gasteiger partial charge in [0.05, 0.1) is 12.5 Å². The summed E-state index contributed by atoms with van der Waals surface area (Å²) < 4.78 is 5.73. The van der Waals surface area contributed by atoms with Gasteiger partial charge < -0.3 is 21.1 Å². The van der Waals surface area contributed by atoms with E-state index < -0.39 is 12.1 Å². The number of ether oxygens (including phenoxy) is 1. The largest absolute Gasteiger partial charge is 0.457 e. The van der Waals surface area contributed by atoms with Crippen LogP contribution in [0.1, 0.15) is 18.0 Å². The maximum Gasteiger partial charge on any atom is 0.312 e. The quantitative estimate of drug-likeness (QED) is 0.519. The molecule has 3 rings (SSSR count). The van der Waals surface area contributed by atoms with Crippen molar-refractivity contribution in [2.45, 2.75) is 12.5 Å². The van der Waals surface area contributed by atoms with Crippen LogP contribution in [-0.4, -0.2) is 11.9 Å². The molecule has 1 atom stereocenters. The number of benzene rings is 3.